The summed E-state index contributed by atoms with van der Waals surface area (Å²) in [7, 11) is 1.63. The normalized spacial score (nSPS) is 11.4. The van der Waals surface area contributed by atoms with E-state index in [4.69, 9.17) is 15.2 Å². The van der Waals surface area contributed by atoms with E-state index in [1.54, 1.807) is 43.1 Å². The third-order valence-electron chi connectivity index (χ3n) is 2.65. The van der Waals surface area contributed by atoms with Crippen LogP contribution in [-0.4, -0.2) is 44.3 Å². The molecule has 3 N–H and O–H groups in total. The average molecular weight is 335 g/mol. The molecular weight excluding hydrogens is 312 g/mol. The minimum absolute atomic E-state index is 0. The molecule has 120 valence electrons. The van der Waals surface area contributed by atoms with E-state index in [0.29, 0.717) is 25.3 Å². The molecule has 21 heavy (non-hydrogen) atoms. The quantitative estimate of drug-likeness (QED) is 0.677. The fourth-order valence-electron chi connectivity index (χ4n) is 1.49. The molecule has 0 aromatic heterocycles. The summed E-state index contributed by atoms with van der Waals surface area (Å²) in [5, 5.41) is 2.79. The zero-order valence-electron chi connectivity index (χ0n) is 12.3. The van der Waals surface area contributed by atoms with E-state index in [-0.39, 0.29) is 18.3 Å². The number of carbonyl (C=O) groups excluding carboxylic acids is 1. The second-order valence-corrected chi connectivity index (χ2v) is 5.23. The largest absolute Gasteiger partial charge is 0.491 e. The van der Waals surface area contributed by atoms with Gasteiger partial charge in [0.05, 0.1) is 12.6 Å². The summed E-state index contributed by atoms with van der Waals surface area (Å²) in [6, 6.07) is 6.72. The highest BCUT2D eigenvalue weighted by Crippen LogP contribution is 2.16. The third-order valence-corrected chi connectivity index (χ3v) is 3.29. The number of amides is 1. The van der Waals surface area contributed by atoms with Gasteiger partial charge in [-0.25, -0.2) is 0 Å². The number of nitrogens with one attached hydrogen (secondary N) is 1. The van der Waals surface area contributed by atoms with Crippen molar-refractivity contribution < 1.29 is 14.3 Å². The summed E-state index contributed by atoms with van der Waals surface area (Å²) in [6.45, 7) is 1.05. The van der Waals surface area contributed by atoms with Crippen molar-refractivity contribution in [1.82, 2.24) is 0 Å². The highest BCUT2D eigenvalue weighted by atomic mass is 35.5. The number of hydrogen-bond acceptors (Lipinski definition) is 5. The lowest BCUT2D eigenvalue weighted by Gasteiger charge is -2.12. The van der Waals surface area contributed by atoms with E-state index < -0.39 is 6.04 Å². The number of thioether (sulfide) groups is 1. The van der Waals surface area contributed by atoms with Crippen LogP contribution in [0.1, 0.15) is 6.42 Å². The van der Waals surface area contributed by atoms with Gasteiger partial charge in [0.1, 0.15) is 12.4 Å². The number of halogens is 1. The Kier molecular flexibility index (Phi) is 11.2. The summed E-state index contributed by atoms with van der Waals surface area (Å²) in [5.41, 5.74) is 6.51. The van der Waals surface area contributed by atoms with E-state index in [9.17, 15) is 4.79 Å². The Labute approximate surface area is 136 Å². The first-order valence-electron chi connectivity index (χ1n) is 6.44. The number of carbonyl (C=O) groups is 1. The van der Waals surface area contributed by atoms with Gasteiger partial charge in [0.25, 0.3) is 0 Å². The van der Waals surface area contributed by atoms with Gasteiger partial charge >= 0.3 is 0 Å². The van der Waals surface area contributed by atoms with Crippen LogP contribution in [0, 0.1) is 0 Å². The molecule has 1 aromatic carbocycles. The number of rotatable bonds is 9. The third kappa shape index (κ3) is 8.16. The Bertz CT molecular complexity index is 404. The number of ether oxygens (including phenoxy) is 2. The summed E-state index contributed by atoms with van der Waals surface area (Å²) in [4.78, 5) is 11.8. The van der Waals surface area contributed by atoms with Crippen molar-refractivity contribution in [3.63, 3.8) is 0 Å². The van der Waals surface area contributed by atoms with Crippen LogP contribution >= 0.6 is 24.2 Å². The van der Waals surface area contributed by atoms with Crippen molar-refractivity contribution in [2.24, 2.45) is 5.73 Å². The van der Waals surface area contributed by atoms with E-state index in [1.807, 2.05) is 6.26 Å². The van der Waals surface area contributed by atoms with Crippen LogP contribution in [0.3, 0.4) is 0 Å². The number of benzene rings is 1. The van der Waals surface area contributed by atoms with Crippen molar-refractivity contribution in [3.8, 4) is 5.75 Å². The Hall–Kier alpha value is -0.950. The van der Waals surface area contributed by atoms with Crippen LogP contribution in [0.5, 0.6) is 5.75 Å². The number of hydrogen-bond donors (Lipinski definition) is 2. The van der Waals surface area contributed by atoms with Gasteiger partial charge in [-0.3, -0.25) is 4.79 Å². The lowest BCUT2D eigenvalue weighted by molar-refractivity contribution is -0.117. The van der Waals surface area contributed by atoms with Gasteiger partial charge in [-0.15, -0.1) is 12.4 Å². The second-order valence-electron chi connectivity index (χ2n) is 4.24. The molecule has 0 spiro atoms. The van der Waals surface area contributed by atoms with Crippen molar-refractivity contribution in [1.29, 1.82) is 0 Å². The molecule has 0 aliphatic heterocycles. The molecule has 0 aliphatic rings. The van der Waals surface area contributed by atoms with Crippen molar-refractivity contribution in [2.75, 3.05) is 37.6 Å². The Balaban J connectivity index is 0.00000400. The molecule has 1 aromatic rings. The molecular formula is C14H23ClN2O3S. The average Bonchev–Trinajstić information content (AvgIpc) is 2.46. The lowest BCUT2D eigenvalue weighted by Crippen LogP contribution is -2.36. The van der Waals surface area contributed by atoms with Crippen molar-refractivity contribution >= 4 is 35.8 Å². The van der Waals surface area contributed by atoms with E-state index in [1.165, 1.54) is 0 Å². The first-order chi connectivity index (χ1) is 9.67. The van der Waals surface area contributed by atoms with Crippen LogP contribution in [0.15, 0.2) is 24.3 Å². The SMILES string of the molecule is COCCOc1ccc(NC(=O)[C@@H](N)CCSC)cc1.Cl. The highest BCUT2D eigenvalue weighted by Gasteiger charge is 2.12. The monoisotopic (exact) mass is 334 g/mol. The van der Waals surface area contributed by atoms with Crippen LogP contribution in [0.4, 0.5) is 5.69 Å². The highest BCUT2D eigenvalue weighted by molar-refractivity contribution is 7.98. The predicted molar refractivity (Wildman–Crippen MR) is 90.7 cm³/mol. The first kappa shape index (κ1) is 20.1. The van der Waals surface area contributed by atoms with Gasteiger partial charge in [0.15, 0.2) is 0 Å². The maximum atomic E-state index is 11.8. The van der Waals surface area contributed by atoms with Crippen LogP contribution in [0.2, 0.25) is 0 Å². The van der Waals surface area contributed by atoms with Gasteiger partial charge in [-0.2, -0.15) is 11.8 Å². The zero-order chi connectivity index (χ0) is 14.8. The van der Waals surface area contributed by atoms with Crippen LogP contribution < -0.4 is 15.8 Å². The minimum atomic E-state index is -0.472. The van der Waals surface area contributed by atoms with E-state index >= 15 is 0 Å². The molecule has 0 unspecified atom stereocenters. The lowest BCUT2D eigenvalue weighted by atomic mass is 10.2. The van der Waals surface area contributed by atoms with Gasteiger partial charge in [0.2, 0.25) is 5.91 Å². The van der Waals surface area contributed by atoms with Crippen molar-refractivity contribution in [2.45, 2.75) is 12.5 Å². The molecule has 1 amide bonds. The van der Waals surface area contributed by atoms with Gasteiger partial charge in [-0.1, -0.05) is 0 Å². The van der Waals surface area contributed by atoms with Gasteiger partial charge in [0, 0.05) is 12.8 Å². The molecule has 1 rings (SSSR count). The standard InChI is InChI=1S/C14H22N2O3S.ClH/c1-18-8-9-19-12-5-3-11(4-6-12)16-14(17)13(15)7-10-20-2;/h3-6,13H,7-10,15H2,1-2H3,(H,16,17);1H/t13-;/m0./s1. The fourth-order valence-corrected chi connectivity index (χ4v) is 1.98. The minimum Gasteiger partial charge on any atom is -0.491 e. The van der Waals surface area contributed by atoms with E-state index in [2.05, 4.69) is 5.32 Å². The Morgan fingerprint density at radius 2 is 2.00 bits per heavy atom. The van der Waals surface area contributed by atoms with Crippen LogP contribution in [0.25, 0.3) is 0 Å². The molecule has 1 atom stereocenters. The number of methoxy groups -OCH3 is 1. The molecule has 5 nitrogen and oxygen atoms in total. The second kappa shape index (κ2) is 11.7. The summed E-state index contributed by atoms with van der Waals surface area (Å²) in [5.74, 6) is 1.46. The van der Waals surface area contributed by atoms with Crippen LogP contribution in [-0.2, 0) is 9.53 Å². The Morgan fingerprint density at radius 1 is 1.33 bits per heavy atom. The molecule has 0 saturated heterocycles. The zero-order valence-corrected chi connectivity index (χ0v) is 14.0. The maximum absolute atomic E-state index is 11.8. The molecule has 0 bridgehead atoms. The maximum Gasteiger partial charge on any atom is 0.241 e. The van der Waals surface area contributed by atoms with Gasteiger partial charge < -0.3 is 20.5 Å². The van der Waals surface area contributed by atoms with Crippen molar-refractivity contribution in [3.05, 3.63) is 24.3 Å². The molecule has 0 aliphatic carbocycles. The number of nitrogens with two attached hydrogens (primary N) is 1. The summed E-state index contributed by atoms with van der Waals surface area (Å²) < 4.78 is 10.3. The molecule has 7 heteroatoms. The summed E-state index contributed by atoms with van der Waals surface area (Å²) in [6.07, 6.45) is 2.66. The fraction of sp³-hybridized carbons (Fsp3) is 0.500. The summed E-state index contributed by atoms with van der Waals surface area (Å²) >= 11 is 1.68. The number of anilines is 1. The topological polar surface area (TPSA) is 73.6 Å². The first-order valence-corrected chi connectivity index (χ1v) is 7.84. The molecule has 0 radical (unpaired) electrons. The predicted octanol–water partition coefficient (Wildman–Crippen LogP) is 2.15. The van der Waals surface area contributed by atoms with Gasteiger partial charge in [-0.05, 0) is 42.7 Å². The Morgan fingerprint density at radius 3 is 2.57 bits per heavy atom. The van der Waals surface area contributed by atoms with E-state index in [0.717, 1.165) is 11.5 Å². The molecule has 0 saturated carbocycles. The smallest absolute Gasteiger partial charge is 0.241 e. The molecule has 0 fully saturated rings. The molecule has 0 heterocycles.